The van der Waals surface area contributed by atoms with Crippen molar-refractivity contribution >= 4 is 28.8 Å². The van der Waals surface area contributed by atoms with E-state index in [9.17, 15) is 0 Å². The van der Waals surface area contributed by atoms with Gasteiger partial charge in [0.25, 0.3) is 0 Å². The fourth-order valence-corrected chi connectivity index (χ4v) is 4.46. The molecule has 7 nitrogen and oxygen atoms in total. The van der Waals surface area contributed by atoms with Crippen molar-refractivity contribution in [2.45, 2.75) is 19.3 Å². The highest BCUT2D eigenvalue weighted by Crippen LogP contribution is 2.43. The molecular weight excluding hydrogens is 376 g/mol. The average molecular weight is 400 g/mol. The first kappa shape index (κ1) is 17.8. The van der Waals surface area contributed by atoms with Crippen LogP contribution in [-0.4, -0.2) is 52.5 Å². The zero-order chi connectivity index (χ0) is 19.9. The number of anilines is 1. The average Bonchev–Trinajstić information content (AvgIpc) is 3.59. The number of hydrogen-bond acceptors (Lipinski definition) is 6. The zero-order valence-electron chi connectivity index (χ0n) is 16.8. The Morgan fingerprint density at radius 2 is 1.90 bits per heavy atom. The van der Waals surface area contributed by atoms with Gasteiger partial charge in [0.1, 0.15) is 11.2 Å². The maximum Gasteiger partial charge on any atom is 0.226 e. The molecule has 5 heterocycles. The molecule has 1 saturated heterocycles. The van der Waals surface area contributed by atoms with Crippen molar-refractivity contribution in [2.75, 3.05) is 31.2 Å². The van der Waals surface area contributed by atoms with Crippen LogP contribution in [0.4, 0.5) is 5.95 Å². The molecule has 6 rings (SSSR count). The number of allylic oxidation sites excluding steroid dienone is 1. The molecule has 0 bridgehead atoms. The zero-order valence-corrected chi connectivity index (χ0v) is 16.8. The molecule has 1 saturated carbocycles. The Morgan fingerprint density at radius 1 is 1.07 bits per heavy atom. The van der Waals surface area contributed by atoms with Gasteiger partial charge >= 0.3 is 0 Å². The number of aromatic nitrogens is 4. The lowest BCUT2D eigenvalue weighted by molar-refractivity contribution is 0.122. The van der Waals surface area contributed by atoms with Crippen molar-refractivity contribution in [1.29, 1.82) is 0 Å². The highest BCUT2D eigenvalue weighted by atomic mass is 16.5. The lowest BCUT2D eigenvalue weighted by atomic mass is 9.91. The monoisotopic (exact) mass is 400 g/mol. The highest BCUT2D eigenvalue weighted by Gasteiger charge is 2.32. The van der Waals surface area contributed by atoms with Gasteiger partial charge < -0.3 is 14.6 Å². The van der Waals surface area contributed by atoms with Gasteiger partial charge in [0.15, 0.2) is 0 Å². The fraction of sp³-hybridized carbons (Fsp3) is 0.391. The Bertz CT molecular complexity index is 1130. The third-order valence-corrected chi connectivity index (χ3v) is 6.30. The molecule has 30 heavy (non-hydrogen) atoms. The van der Waals surface area contributed by atoms with E-state index in [0.717, 1.165) is 59.2 Å². The van der Waals surface area contributed by atoms with Crippen molar-refractivity contribution in [2.24, 2.45) is 16.8 Å². The van der Waals surface area contributed by atoms with Gasteiger partial charge in [-0.1, -0.05) is 0 Å². The highest BCUT2D eigenvalue weighted by molar-refractivity contribution is 5.98. The van der Waals surface area contributed by atoms with E-state index in [-0.39, 0.29) is 0 Å². The first-order valence-electron chi connectivity index (χ1n) is 10.7. The number of aromatic amines is 1. The molecule has 152 valence electrons. The van der Waals surface area contributed by atoms with Gasteiger partial charge in [0.05, 0.1) is 18.7 Å². The number of hydrogen-bond donors (Lipinski definition) is 1. The second-order valence-electron chi connectivity index (χ2n) is 8.29. The number of rotatable bonds is 4. The van der Waals surface area contributed by atoms with Crippen LogP contribution in [0.15, 0.2) is 41.9 Å². The summed E-state index contributed by atoms with van der Waals surface area (Å²) >= 11 is 0. The van der Waals surface area contributed by atoms with Gasteiger partial charge in [-0.3, -0.25) is 9.98 Å². The van der Waals surface area contributed by atoms with Crippen LogP contribution in [0.25, 0.3) is 27.9 Å². The summed E-state index contributed by atoms with van der Waals surface area (Å²) in [5.41, 5.74) is 6.27. The molecule has 0 radical (unpaired) electrons. The quantitative estimate of drug-likeness (QED) is 0.722. The number of pyridine rings is 1. The Kier molecular flexibility index (Phi) is 4.34. The van der Waals surface area contributed by atoms with Crippen molar-refractivity contribution in [3.63, 3.8) is 0 Å². The van der Waals surface area contributed by atoms with Crippen molar-refractivity contribution in [1.82, 2.24) is 19.9 Å². The number of fused-ring (bicyclic) bond motifs is 1. The number of nitrogens with one attached hydrogen (secondary N) is 1. The molecule has 3 aromatic heterocycles. The predicted molar refractivity (Wildman–Crippen MR) is 117 cm³/mol. The largest absolute Gasteiger partial charge is 0.378 e. The molecule has 3 aliphatic rings. The summed E-state index contributed by atoms with van der Waals surface area (Å²) in [6.07, 6.45) is 13.5. The first-order chi connectivity index (χ1) is 14.9. The van der Waals surface area contributed by atoms with Gasteiger partial charge in [-0.15, -0.1) is 0 Å². The van der Waals surface area contributed by atoms with E-state index in [4.69, 9.17) is 14.7 Å². The smallest absolute Gasteiger partial charge is 0.226 e. The Morgan fingerprint density at radius 3 is 2.70 bits per heavy atom. The lowest BCUT2D eigenvalue weighted by Gasteiger charge is -2.27. The molecule has 1 atom stereocenters. The molecule has 1 unspecified atom stereocenters. The van der Waals surface area contributed by atoms with Gasteiger partial charge in [0, 0.05) is 61.1 Å². The van der Waals surface area contributed by atoms with E-state index in [0.29, 0.717) is 19.1 Å². The Hall–Kier alpha value is -3.06. The maximum atomic E-state index is 5.53. The number of nitrogens with zero attached hydrogens (tertiary/aromatic N) is 5. The molecule has 2 aliphatic heterocycles. The van der Waals surface area contributed by atoms with E-state index in [1.54, 1.807) is 12.4 Å². The normalized spacial score (nSPS) is 21.8. The molecule has 0 spiro atoms. The van der Waals surface area contributed by atoms with Crippen LogP contribution in [0.3, 0.4) is 0 Å². The minimum Gasteiger partial charge on any atom is -0.378 e. The van der Waals surface area contributed by atoms with Crippen molar-refractivity contribution < 1.29 is 4.74 Å². The maximum absolute atomic E-state index is 5.53. The van der Waals surface area contributed by atoms with Gasteiger partial charge in [-0.2, -0.15) is 0 Å². The number of aliphatic imine (C=N–C) groups is 1. The molecule has 2 fully saturated rings. The second-order valence-corrected chi connectivity index (χ2v) is 8.29. The van der Waals surface area contributed by atoms with Crippen LogP contribution >= 0.6 is 0 Å². The SMILES string of the molecule is C1=NC=C(c2c[nH]c3c(-c4ccncc4)nc(N4CCOCC4)nc23)CC1C1CC1. The fourth-order valence-electron chi connectivity index (χ4n) is 4.46. The summed E-state index contributed by atoms with van der Waals surface area (Å²) < 4.78 is 5.53. The molecule has 0 aromatic carbocycles. The molecule has 1 N–H and O–H groups in total. The minimum absolute atomic E-state index is 0.551. The third-order valence-electron chi connectivity index (χ3n) is 6.30. The second kappa shape index (κ2) is 7.32. The summed E-state index contributed by atoms with van der Waals surface area (Å²) in [6, 6.07) is 4.00. The van der Waals surface area contributed by atoms with Crippen LogP contribution in [-0.2, 0) is 4.74 Å². The number of H-pyrrole nitrogens is 1. The van der Waals surface area contributed by atoms with Crippen molar-refractivity contribution in [3.8, 4) is 11.3 Å². The number of ether oxygens (including phenoxy) is 1. The van der Waals surface area contributed by atoms with E-state index in [2.05, 4.69) is 32.3 Å². The summed E-state index contributed by atoms with van der Waals surface area (Å²) in [5, 5.41) is 0. The lowest BCUT2D eigenvalue weighted by Crippen LogP contribution is -2.37. The molecule has 7 heteroatoms. The van der Waals surface area contributed by atoms with E-state index < -0.39 is 0 Å². The molecule has 0 amide bonds. The van der Waals surface area contributed by atoms with Gasteiger partial charge in [-0.05, 0) is 42.9 Å². The van der Waals surface area contributed by atoms with Crippen LogP contribution in [0.2, 0.25) is 0 Å². The van der Waals surface area contributed by atoms with Crippen LogP contribution < -0.4 is 4.90 Å². The summed E-state index contributed by atoms with van der Waals surface area (Å²) in [4.78, 5) is 24.4. The molecule has 1 aliphatic carbocycles. The number of morpholine rings is 1. The summed E-state index contributed by atoms with van der Waals surface area (Å²) in [6.45, 7) is 3.01. The van der Waals surface area contributed by atoms with Crippen LogP contribution in [0, 0.1) is 11.8 Å². The van der Waals surface area contributed by atoms with Gasteiger partial charge in [0.2, 0.25) is 5.95 Å². The van der Waals surface area contributed by atoms with E-state index in [1.165, 1.54) is 18.4 Å². The Balaban J connectivity index is 1.48. The van der Waals surface area contributed by atoms with Crippen LogP contribution in [0.1, 0.15) is 24.8 Å². The van der Waals surface area contributed by atoms with Gasteiger partial charge in [-0.25, -0.2) is 9.97 Å². The topological polar surface area (TPSA) is 79.3 Å². The summed E-state index contributed by atoms with van der Waals surface area (Å²) in [7, 11) is 0. The minimum atomic E-state index is 0.551. The molecule has 3 aromatic rings. The van der Waals surface area contributed by atoms with Crippen LogP contribution in [0.5, 0.6) is 0 Å². The summed E-state index contributed by atoms with van der Waals surface area (Å²) in [5.74, 6) is 2.11. The Labute approximate surface area is 174 Å². The third kappa shape index (κ3) is 3.19. The predicted octanol–water partition coefficient (Wildman–Crippen LogP) is 3.70. The van der Waals surface area contributed by atoms with E-state index >= 15 is 0 Å². The van der Waals surface area contributed by atoms with Crippen molar-refractivity contribution in [3.05, 3.63) is 42.5 Å². The first-order valence-corrected chi connectivity index (χ1v) is 10.7. The van der Waals surface area contributed by atoms with E-state index in [1.807, 2.05) is 18.3 Å². The standard InChI is InChI=1S/C23H24N6O/c1-2-15(1)17-11-18(13-25-12-17)19-14-26-22-20(16-3-5-24-6-4-16)27-23(28-21(19)22)29-7-9-30-10-8-29/h3-6,12-15,17,26H,1-2,7-11H2. The molecular formula is C23H24N6O.